The van der Waals surface area contributed by atoms with Crippen LogP contribution in [0.1, 0.15) is 31.7 Å². The first-order valence-corrected chi connectivity index (χ1v) is 5.80. The minimum absolute atomic E-state index is 0.0291. The third-order valence-corrected chi connectivity index (χ3v) is 2.61. The van der Waals surface area contributed by atoms with Crippen molar-refractivity contribution in [1.82, 2.24) is 14.9 Å². The normalized spacial score (nSPS) is 11.5. The van der Waals surface area contributed by atoms with E-state index in [1.807, 2.05) is 32.3 Å². The molecule has 1 unspecified atom stereocenters. The summed E-state index contributed by atoms with van der Waals surface area (Å²) in [6, 6.07) is -0.104. The van der Waals surface area contributed by atoms with Gasteiger partial charge >= 0.3 is 0 Å². The Bertz CT molecular complexity index is 451. The number of nitrogens with one attached hydrogen (secondary N) is 1. The number of hydrogen-bond donors (Lipinski definition) is 1. The Morgan fingerprint density at radius 1 is 1.59 bits per heavy atom. The quantitative estimate of drug-likeness (QED) is 0.803. The van der Waals surface area contributed by atoms with Crippen LogP contribution in [-0.4, -0.2) is 21.5 Å². The molecule has 0 radical (unpaired) electrons. The summed E-state index contributed by atoms with van der Waals surface area (Å²) in [7, 11) is 0. The average molecular weight is 233 g/mol. The van der Waals surface area contributed by atoms with Gasteiger partial charge < -0.3 is 9.88 Å². The smallest absolute Gasteiger partial charge is 0.220 e. The molecule has 1 rings (SSSR count). The molecule has 1 amide bonds. The molecule has 0 aliphatic heterocycles. The molecule has 0 spiro atoms. The van der Waals surface area contributed by atoms with E-state index in [0.717, 1.165) is 11.4 Å². The van der Waals surface area contributed by atoms with Crippen molar-refractivity contribution < 1.29 is 4.79 Å². The van der Waals surface area contributed by atoms with Crippen molar-refractivity contribution in [3.63, 3.8) is 0 Å². The fourth-order valence-corrected chi connectivity index (χ4v) is 1.37. The first-order valence-electron chi connectivity index (χ1n) is 5.80. The van der Waals surface area contributed by atoms with Crippen LogP contribution in [0.25, 0.3) is 0 Å². The van der Waals surface area contributed by atoms with Crippen LogP contribution in [0.4, 0.5) is 0 Å². The van der Waals surface area contributed by atoms with Gasteiger partial charge in [-0.1, -0.05) is 18.8 Å². The zero-order chi connectivity index (χ0) is 12.8. The first kappa shape index (κ1) is 13.3. The van der Waals surface area contributed by atoms with Gasteiger partial charge in [0, 0.05) is 12.1 Å². The lowest BCUT2D eigenvalue weighted by atomic mass is 10.3. The Balaban J connectivity index is 2.51. The highest BCUT2D eigenvalue weighted by Crippen LogP contribution is 2.02. The number of carbonyl (C=O) groups excluding carboxylic acids is 1. The van der Waals surface area contributed by atoms with Crippen molar-refractivity contribution >= 4 is 5.91 Å². The summed E-state index contributed by atoms with van der Waals surface area (Å²) in [5.74, 6) is 6.07. The van der Waals surface area contributed by atoms with E-state index in [2.05, 4.69) is 22.1 Å². The van der Waals surface area contributed by atoms with E-state index in [1.165, 1.54) is 0 Å². The van der Waals surface area contributed by atoms with Crippen molar-refractivity contribution in [3.05, 3.63) is 17.7 Å². The zero-order valence-electron chi connectivity index (χ0n) is 10.9. The van der Waals surface area contributed by atoms with E-state index in [-0.39, 0.29) is 11.9 Å². The minimum atomic E-state index is -0.104. The molecule has 1 atom stereocenters. The molecule has 0 bridgehead atoms. The molecule has 0 saturated carbocycles. The summed E-state index contributed by atoms with van der Waals surface area (Å²) in [6.07, 6.45) is 2.28. The molecule has 0 saturated heterocycles. The third kappa shape index (κ3) is 3.95. The number of amides is 1. The van der Waals surface area contributed by atoms with E-state index in [0.29, 0.717) is 13.0 Å². The highest BCUT2D eigenvalue weighted by atomic mass is 16.1. The highest BCUT2D eigenvalue weighted by Gasteiger charge is 2.01. The molecule has 1 heterocycles. The maximum absolute atomic E-state index is 11.1. The topological polar surface area (TPSA) is 46.9 Å². The number of nitrogens with zero attached hydrogens (tertiary/aromatic N) is 2. The summed E-state index contributed by atoms with van der Waals surface area (Å²) in [5.41, 5.74) is 2.16. The number of hydrogen-bond acceptors (Lipinski definition) is 2. The lowest BCUT2D eigenvalue weighted by molar-refractivity contribution is -0.121. The maximum Gasteiger partial charge on any atom is 0.220 e. The monoisotopic (exact) mass is 233 g/mol. The van der Waals surface area contributed by atoms with Crippen molar-refractivity contribution in [1.29, 1.82) is 0 Å². The van der Waals surface area contributed by atoms with Crippen molar-refractivity contribution in [2.24, 2.45) is 0 Å². The predicted molar refractivity (Wildman–Crippen MR) is 67.4 cm³/mol. The van der Waals surface area contributed by atoms with Crippen LogP contribution in [0.15, 0.2) is 6.33 Å². The van der Waals surface area contributed by atoms with E-state index in [9.17, 15) is 4.79 Å². The maximum atomic E-state index is 11.1. The molecule has 0 aromatic carbocycles. The second kappa shape index (κ2) is 6.09. The Labute approximate surface area is 102 Å². The van der Waals surface area contributed by atoms with Crippen molar-refractivity contribution in [2.75, 3.05) is 0 Å². The number of aromatic nitrogens is 2. The molecule has 0 fully saturated rings. The van der Waals surface area contributed by atoms with Crippen LogP contribution in [0, 0.1) is 25.7 Å². The molecule has 1 N–H and O–H groups in total. The highest BCUT2D eigenvalue weighted by molar-refractivity contribution is 5.76. The van der Waals surface area contributed by atoms with Crippen LogP contribution in [-0.2, 0) is 11.3 Å². The van der Waals surface area contributed by atoms with Crippen LogP contribution in [0.2, 0.25) is 0 Å². The summed E-state index contributed by atoms with van der Waals surface area (Å²) >= 11 is 0. The summed E-state index contributed by atoms with van der Waals surface area (Å²) in [4.78, 5) is 15.3. The zero-order valence-corrected chi connectivity index (χ0v) is 10.9. The predicted octanol–water partition coefficient (Wildman–Crippen LogP) is 1.42. The molecule has 17 heavy (non-hydrogen) atoms. The van der Waals surface area contributed by atoms with Gasteiger partial charge in [0.25, 0.3) is 0 Å². The second-order valence-electron chi connectivity index (χ2n) is 4.01. The molecule has 4 nitrogen and oxygen atoms in total. The molecule has 0 aliphatic carbocycles. The van der Waals surface area contributed by atoms with Crippen molar-refractivity contribution in [2.45, 2.75) is 46.7 Å². The average Bonchev–Trinajstić information content (AvgIpc) is 2.60. The van der Waals surface area contributed by atoms with Crippen molar-refractivity contribution in [3.8, 4) is 11.8 Å². The lowest BCUT2D eigenvalue weighted by Gasteiger charge is -2.05. The van der Waals surface area contributed by atoms with Gasteiger partial charge in [-0.3, -0.25) is 4.79 Å². The standard InChI is InChI=1S/C13H19N3O/c1-5-13(17)15-10(2)7-6-8-16-9-14-11(3)12(16)4/h9-10H,5,8H2,1-4H3,(H,15,17). The van der Waals surface area contributed by atoms with Crippen LogP contribution in [0.5, 0.6) is 0 Å². The summed E-state index contributed by atoms with van der Waals surface area (Å²) in [5, 5.41) is 2.80. The van der Waals surface area contributed by atoms with Gasteiger partial charge in [-0.05, 0) is 20.8 Å². The molecule has 0 aliphatic rings. The van der Waals surface area contributed by atoms with Crippen LogP contribution >= 0.6 is 0 Å². The van der Waals surface area contributed by atoms with Gasteiger partial charge in [0.2, 0.25) is 5.91 Å². The Morgan fingerprint density at radius 3 is 2.82 bits per heavy atom. The minimum Gasteiger partial charge on any atom is -0.343 e. The number of carbonyl (C=O) groups is 1. The van der Waals surface area contributed by atoms with E-state index in [1.54, 1.807) is 6.33 Å². The molecular formula is C13H19N3O. The van der Waals surface area contributed by atoms with Gasteiger partial charge in [0.1, 0.15) is 0 Å². The summed E-state index contributed by atoms with van der Waals surface area (Å²) < 4.78 is 2.00. The third-order valence-electron chi connectivity index (χ3n) is 2.61. The van der Waals surface area contributed by atoms with Crippen LogP contribution < -0.4 is 5.32 Å². The molecule has 1 aromatic rings. The van der Waals surface area contributed by atoms with Gasteiger partial charge in [-0.2, -0.15) is 0 Å². The van der Waals surface area contributed by atoms with E-state index >= 15 is 0 Å². The molecular weight excluding hydrogens is 214 g/mol. The summed E-state index contributed by atoms with van der Waals surface area (Å²) in [6.45, 7) is 8.31. The van der Waals surface area contributed by atoms with Gasteiger partial charge in [-0.25, -0.2) is 4.98 Å². The number of imidazole rings is 1. The van der Waals surface area contributed by atoms with E-state index in [4.69, 9.17) is 0 Å². The Morgan fingerprint density at radius 2 is 2.29 bits per heavy atom. The van der Waals surface area contributed by atoms with Gasteiger partial charge in [0.15, 0.2) is 0 Å². The Kier molecular flexibility index (Phi) is 4.77. The largest absolute Gasteiger partial charge is 0.343 e. The molecule has 92 valence electrons. The lowest BCUT2D eigenvalue weighted by Crippen LogP contribution is -2.30. The fraction of sp³-hybridized carbons (Fsp3) is 0.538. The Hall–Kier alpha value is -1.76. The molecule has 4 heteroatoms. The van der Waals surface area contributed by atoms with Crippen LogP contribution in [0.3, 0.4) is 0 Å². The van der Waals surface area contributed by atoms with Gasteiger partial charge in [0.05, 0.1) is 24.6 Å². The number of rotatable bonds is 3. The second-order valence-corrected chi connectivity index (χ2v) is 4.01. The SMILES string of the molecule is CCC(=O)NC(C)C#CCn1cnc(C)c1C. The molecule has 1 aromatic heterocycles. The fourth-order valence-electron chi connectivity index (χ4n) is 1.37. The number of aryl methyl sites for hydroxylation is 1. The van der Waals surface area contributed by atoms with E-state index < -0.39 is 0 Å². The first-order chi connectivity index (χ1) is 8.04. The van der Waals surface area contributed by atoms with Gasteiger partial charge in [-0.15, -0.1) is 0 Å².